The molecule has 2 N–H and O–H groups in total. The standard InChI is InChI=1S/C16H26N2O/c1-13-4-6-14(7-5-13)9-18-12-16(2,3)11-17-8-15(18)10-19/h4-7,15,17,19H,8-12H2,1-3H3. The molecule has 1 fully saturated rings. The van der Waals surface area contributed by atoms with Gasteiger partial charge in [-0.15, -0.1) is 0 Å². The van der Waals surface area contributed by atoms with Gasteiger partial charge in [0.2, 0.25) is 0 Å². The zero-order valence-electron chi connectivity index (χ0n) is 12.3. The van der Waals surface area contributed by atoms with Crippen molar-refractivity contribution in [2.45, 2.75) is 33.4 Å². The molecule has 0 aromatic heterocycles. The molecule has 1 aliphatic heterocycles. The van der Waals surface area contributed by atoms with Crippen molar-refractivity contribution in [1.29, 1.82) is 0 Å². The number of aliphatic hydroxyl groups is 1. The Bertz CT molecular complexity index is 400. The molecule has 1 heterocycles. The fourth-order valence-electron chi connectivity index (χ4n) is 2.73. The molecule has 1 aromatic carbocycles. The van der Waals surface area contributed by atoms with Gasteiger partial charge in [0.1, 0.15) is 0 Å². The van der Waals surface area contributed by atoms with Gasteiger partial charge in [0, 0.05) is 32.2 Å². The summed E-state index contributed by atoms with van der Waals surface area (Å²) in [5.74, 6) is 0. The Morgan fingerprint density at radius 2 is 2.00 bits per heavy atom. The van der Waals surface area contributed by atoms with Gasteiger partial charge >= 0.3 is 0 Å². The van der Waals surface area contributed by atoms with Crippen LogP contribution in [0.15, 0.2) is 24.3 Å². The van der Waals surface area contributed by atoms with Gasteiger partial charge in [-0.2, -0.15) is 0 Å². The third-order valence-corrected chi connectivity index (χ3v) is 3.85. The molecule has 3 nitrogen and oxygen atoms in total. The normalized spacial score (nSPS) is 24.1. The van der Waals surface area contributed by atoms with E-state index in [0.29, 0.717) is 0 Å². The maximum absolute atomic E-state index is 9.60. The van der Waals surface area contributed by atoms with E-state index in [1.807, 2.05) is 0 Å². The summed E-state index contributed by atoms with van der Waals surface area (Å²) in [5.41, 5.74) is 2.86. The minimum Gasteiger partial charge on any atom is -0.395 e. The molecule has 0 amide bonds. The van der Waals surface area contributed by atoms with Crippen molar-refractivity contribution in [3.63, 3.8) is 0 Å². The molecule has 1 aliphatic rings. The number of rotatable bonds is 3. The summed E-state index contributed by atoms with van der Waals surface area (Å²) in [7, 11) is 0. The van der Waals surface area contributed by atoms with Crippen LogP contribution in [0.2, 0.25) is 0 Å². The first-order chi connectivity index (χ1) is 9.00. The van der Waals surface area contributed by atoms with Crippen LogP contribution in [-0.2, 0) is 6.54 Å². The molecule has 0 radical (unpaired) electrons. The second-order valence-corrected chi connectivity index (χ2v) is 6.52. The van der Waals surface area contributed by atoms with Crippen molar-refractivity contribution in [3.05, 3.63) is 35.4 Å². The Morgan fingerprint density at radius 1 is 1.32 bits per heavy atom. The quantitative estimate of drug-likeness (QED) is 0.872. The Balaban J connectivity index is 2.11. The van der Waals surface area contributed by atoms with Crippen LogP contribution in [0, 0.1) is 12.3 Å². The van der Waals surface area contributed by atoms with Crippen molar-refractivity contribution in [2.75, 3.05) is 26.2 Å². The molecule has 0 saturated carbocycles. The molecule has 1 unspecified atom stereocenters. The molecule has 106 valence electrons. The maximum Gasteiger partial charge on any atom is 0.0599 e. The van der Waals surface area contributed by atoms with Crippen molar-refractivity contribution in [2.24, 2.45) is 5.41 Å². The van der Waals surface area contributed by atoms with Gasteiger partial charge in [-0.25, -0.2) is 0 Å². The van der Waals surface area contributed by atoms with E-state index in [4.69, 9.17) is 0 Å². The molecule has 3 heteroatoms. The van der Waals surface area contributed by atoms with E-state index < -0.39 is 0 Å². The van der Waals surface area contributed by atoms with Gasteiger partial charge < -0.3 is 10.4 Å². The summed E-state index contributed by atoms with van der Waals surface area (Å²) in [5, 5.41) is 13.1. The molecule has 0 aliphatic carbocycles. The van der Waals surface area contributed by atoms with Gasteiger partial charge in [0.05, 0.1) is 6.61 Å². The average Bonchev–Trinajstić information content (AvgIpc) is 2.50. The van der Waals surface area contributed by atoms with E-state index in [1.165, 1.54) is 11.1 Å². The highest BCUT2D eigenvalue weighted by Gasteiger charge is 2.29. The van der Waals surface area contributed by atoms with E-state index in [9.17, 15) is 5.11 Å². The lowest BCUT2D eigenvalue weighted by atomic mass is 9.93. The first kappa shape index (κ1) is 14.5. The molecular weight excluding hydrogens is 236 g/mol. The van der Waals surface area contributed by atoms with Crippen LogP contribution in [0.3, 0.4) is 0 Å². The smallest absolute Gasteiger partial charge is 0.0599 e. The van der Waals surface area contributed by atoms with E-state index >= 15 is 0 Å². The average molecular weight is 262 g/mol. The Labute approximate surface area is 116 Å². The van der Waals surface area contributed by atoms with Crippen LogP contribution in [0.1, 0.15) is 25.0 Å². The van der Waals surface area contributed by atoms with Gasteiger partial charge in [-0.05, 0) is 17.9 Å². The number of benzene rings is 1. The predicted octanol–water partition coefficient (Wildman–Crippen LogP) is 1.79. The highest BCUT2D eigenvalue weighted by molar-refractivity contribution is 5.21. The number of aliphatic hydroxyl groups excluding tert-OH is 1. The van der Waals surface area contributed by atoms with Gasteiger partial charge in [0.25, 0.3) is 0 Å². The fourth-order valence-corrected chi connectivity index (χ4v) is 2.73. The molecule has 1 atom stereocenters. The van der Waals surface area contributed by atoms with Crippen molar-refractivity contribution < 1.29 is 5.11 Å². The summed E-state index contributed by atoms with van der Waals surface area (Å²) in [6.45, 7) is 10.7. The SMILES string of the molecule is Cc1ccc(CN2CC(C)(C)CNCC2CO)cc1. The molecule has 2 rings (SSSR count). The number of nitrogens with one attached hydrogen (secondary N) is 1. The summed E-state index contributed by atoms with van der Waals surface area (Å²) < 4.78 is 0. The second kappa shape index (κ2) is 6.04. The molecule has 0 bridgehead atoms. The molecule has 0 spiro atoms. The van der Waals surface area contributed by atoms with E-state index in [0.717, 1.165) is 26.2 Å². The van der Waals surface area contributed by atoms with E-state index in [1.54, 1.807) is 0 Å². The lowest BCUT2D eigenvalue weighted by Gasteiger charge is -2.33. The maximum atomic E-state index is 9.60. The van der Waals surface area contributed by atoms with Crippen molar-refractivity contribution >= 4 is 0 Å². The minimum absolute atomic E-state index is 0.211. The van der Waals surface area contributed by atoms with Crippen LogP contribution in [-0.4, -0.2) is 42.3 Å². The summed E-state index contributed by atoms with van der Waals surface area (Å²) in [6.07, 6.45) is 0. The lowest BCUT2D eigenvalue weighted by Crippen LogP contribution is -2.43. The molecular formula is C16H26N2O. The third kappa shape index (κ3) is 4.03. The highest BCUT2D eigenvalue weighted by Crippen LogP contribution is 2.22. The Morgan fingerprint density at radius 3 is 2.63 bits per heavy atom. The van der Waals surface area contributed by atoms with E-state index in [-0.39, 0.29) is 18.1 Å². The van der Waals surface area contributed by atoms with Gasteiger partial charge in [-0.3, -0.25) is 4.90 Å². The second-order valence-electron chi connectivity index (χ2n) is 6.52. The van der Waals surface area contributed by atoms with Crippen LogP contribution in [0.5, 0.6) is 0 Å². The van der Waals surface area contributed by atoms with Crippen molar-refractivity contribution in [3.8, 4) is 0 Å². The number of hydrogen-bond acceptors (Lipinski definition) is 3. The third-order valence-electron chi connectivity index (χ3n) is 3.85. The summed E-state index contributed by atoms with van der Waals surface area (Å²) >= 11 is 0. The topological polar surface area (TPSA) is 35.5 Å². The summed E-state index contributed by atoms with van der Waals surface area (Å²) in [4.78, 5) is 2.41. The monoisotopic (exact) mass is 262 g/mol. The molecule has 1 aromatic rings. The first-order valence-electron chi connectivity index (χ1n) is 7.11. The van der Waals surface area contributed by atoms with Crippen LogP contribution < -0.4 is 5.32 Å². The molecule has 19 heavy (non-hydrogen) atoms. The largest absolute Gasteiger partial charge is 0.395 e. The highest BCUT2D eigenvalue weighted by atomic mass is 16.3. The fraction of sp³-hybridized carbons (Fsp3) is 0.625. The van der Waals surface area contributed by atoms with Crippen LogP contribution in [0.25, 0.3) is 0 Å². The zero-order valence-corrected chi connectivity index (χ0v) is 12.3. The van der Waals surface area contributed by atoms with E-state index in [2.05, 4.69) is 55.3 Å². The summed E-state index contributed by atoms with van der Waals surface area (Å²) in [6, 6.07) is 8.90. The number of hydrogen-bond donors (Lipinski definition) is 2. The van der Waals surface area contributed by atoms with Gasteiger partial charge in [0.15, 0.2) is 0 Å². The minimum atomic E-state index is 0.211. The van der Waals surface area contributed by atoms with Crippen LogP contribution in [0.4, 0.5) is 0 Å². The van der Waals surface area contributed by atoms with Crippen molar-refractivity contribution in [1.82, 2.24) is 10.2 Å². The number of aryl methyl sites for hydroxylation is 1. The zero-order chi connectivity index (χ0) is 13.9. The van der Waals surface area contributed by atoms with Gasteiger partial charge in [-0.1, -0.05) is 43.7 Å². The van der Waals surface area contributed by atoms with Crippen LogP contribution >= 0.6 is 0 Å². The first-order valence-corrected chi connectivity index (χ1v) is 7.11. The number of nitrogens with zero attached hydrogens (tertiary/aromatic N) is 1. The Kier molecular flexibility index (Phi) is 4.61. The predicted molar refractivity (Wildman–Crippen MR) is 79.1 cm³/mol. The Hall–Kier alpha value is -0.900. The molecule has 1 saturated heterocycles. The lowest BCUT2D eigenvalue weighted by molar-refractivity contribution is 0.101.